The summed E-state index contributed by atoms with van der Waals surface area (Å²) in [6, 6.07) is 16.0. The molecular weight excluding hydrogens is 296 g/mol. The Morgan fingerprint density at radius 1 is 1.23 bits per heavy atom. The number of amides is 1. The molecular formula is C18H19ClN2O. The number of carbonyl (C=O) groups excluding carboxylic acids is 1. The first kappa shape index (κ1) is 15.1. The molecule has 4 heteroatoms. The summed E-state index contributed by atoms with van der Waals surface area (Å²) in [5, 5.41) is 0.778. The minimum atomic E-state index is -0.380. The van der Waals surface area contributed by atoms with E-state index in [0.717, 1.165) is 30.1 Å². The normalized spacial score (nSPS) is 18.5. The summed E-state index contributed by atoms with van der Waals surface area (Å²) < 4.78 is 0. The van der Waals surface area contributed by atoms with Crippen LogP contribution in [0.4, 0.5) is 0 Å². The third-order valence-electron chi connectivity index (χ3n) is 4.19. The Bertz CT molecular complexity index is 686. The van der Waals surface area contributed by atoms with E-state index in [1.165, 1.54) is 12.0 Å². The van der Waals surface area contributed by atoms with Gasteiger partial charge in [-0.25, -0.2) is 0 Å². The number of halogens is 1. The van der Waals surface area contributed by atoms with Crippen molar-refractivity contribution < 1.29 is 4.79 Å². The lowest BCUT2D eigenvalue weighted by molar-refractivity contribution is 0.1000. The van der Waals surface area contributed by atoms with Crippen molar-refractivity contribution in [2.75, 3.05) is 6.54 Å². The van der Waals surface area contributed by atoms with Crippen LogP contribution in [0.3, 0.4) is 0 Å². The predicted octanol–water partition coefficient (Wildman–Crippen LogP) is 3.78. The molecule has 0 aromatic heterocycles. The highest BCUT2D eigenvalue weighted by Crippen LogP contribution is 2.34. The molecule has 0 bridgehead atoms. The van der Waals surface area contributed by atoms with Crippen LogP contribution in [-0.2, 0) is 6.54 Å². The molecule has 3 rings (SSSR count). The fourth-order valence-corrected chi connectivity index (χ4v) is 3.36. The SMILES string of the molecule is NC(=O)c1cccc(CN2CCCC2c2cccc(Cl)c2)c1. The standard InChI is InChI=1S/C18H19ClN2O/c19-16-7-2-5-14(11-16)17-8-3-9-21(17)12-13-4-1-6-15(10-13)18(20)22/h1-2,4-7,10-11,17H,3,8-9,12H2,(H2,20,22). The van der Waals surface area contributed by atoms with Crippen LogP contribution in [-0.4, -0.2) is 17.4 Å². The van der Waals surface area contributed by atoms with Gasteiger partial charge in [-0.1, -0.05) is 35.9 Å². The molecule has 1 saturated heterocycles. The molecule has 1 unspecified atom stereocenters. The average Bonchev–Trinajstić information content (AvgIpc) is 2.95. The zero-order valence-electron chi connectivity index (χ0n) is 12.3. The van der Waals surface area contributed by atoms with Gasteiger partial charge in [-0.15, -0.1) is 0 Å². The number of primary amides is 1. The molecule has 114 valence electrons. The fraction of sp³-hybridized carbons (Fsp3) is 0.278. The number of likely N-dealkylation sites (tertiary alicyclic amines) is 1. The summed E-state index contributed by atoms with van der Waals surface area (Å²) in [4.78, 5) is 13.7. The summed E-state index contributed by atoms with van der Waals surface area (Å²) in [6.45, 7) is 1.87. The van der Waals surface area contributed by atoms with Gasteiger partial charge in [0.2, 0.25) is 5.91 Å². The second kappa shape index (κ2) is 6.51. The zero-order valence-corrected chi connectivity index (χ0v) is 13.1. The van der Waals surface area contributed by atoms with Gasteiger partial charge in [0.1, 0.15) is 0 Å². The smallest absolute Gasteiger partial charge is 0.248 e. The highest BCUT2D eigenvalue weighted by molar-refractivity contribution is 6.30. The minimum absolute atomic E-state index is 0.380. The van der Waals surface area contributed by atoms with Crippen molar-refractivity contribution in [1.82, 2.24) is 4.90 Å². The molecule has 0 radical (unpaired) electrons. The number of rotatable bonds is 4. The number of hydrogen-bond acceptors (Lipinski definition) is 2. The van der Waals surface area contributed by atoms with Crippen molar-refractivity contribution in [3.63, 3.8) is 0 Å². The second-order valence-electron chi connectivity index (χ2n) is 5.75. The molecule has 22 heavy (non-hydrogen) atoms. The molecule has 1 aliphatic heterocycles. The number of benzene rings is 2. The van der Waals surface area contributed by atoms with E-state index in [1.54, 1.807) is 6.07 Å². The summed E-state index contributed by atoms with van der Waals surface area (Å²) in [5.74, 6) is -0.380. The lowest BCUT2D eigenvalue weighted by Gasteiger charge is -2.25. The zero-order chi connectivity index (χ0) is 15.5. The van der Waals surface area contributed by atoms with Crippen LogP contribution in [0.2, 0.25) is 5.02 Å². The van der Waals surface area contributed by atoms with Crippen molar-refractivity contribution in [3.8, 4) is 0 Å². The van der Waals surface area contributed by atoms with Gasteiger partial charge in [0.05, 0.1) is 0 Å². The van der Waals surface area contributed by atoms with Crippen LogP contribution < -0.4 is 5.73 Å². The first-order valence-corrected chi connectivity index (χ1v) is 7.89. The Kier molecular flexibility index (Phi) is 4.46. The van der Waals surface area contributed by atoms with Crippen LogP contribution in [0.1, 0.15) is 40.4 Å². The topological polar surface area (TPSA) is 46.3 Å². The minimum Gasteiger partial charge on any atom is -0.366 e. The number of nitrogens with zero attached hydrogens (tertiary/aromatic N) is 1. The first-order valence-electron chi connectivity index (χ1n) is 7.52. The van der Waals surface area contributed by atoms with E-state index in [9.17, 15) is 4.79 Å². The van der Waals surface area contributed by atoms with E-state index in [4.69, 9.17) is 17.3 Å². The van der Waals surface area contributed by atoms with Crippen LogP contribution >= 0.6 is 11.6 Å². The van der Waals surface area contributed by atoms with E-state index in [2.05, 4.69) is 11.0 Å². The largest absolute Gasteiger partial charge is 0.366 e. The lowest BCUT2D eigenvalue weighted by Crippen LogP contribution is -2.23. The van der Waals surface area contributed by atoms with Gasteiger partial charge in [-0.3, -0.25) is 9.69 Å². The third-order valence-corrected chi connectivity index (χ3v) is 4.43. The fourth-order valence-electron chi connectivity index (χ4n) is 3.16. The molecule has 1 atom stereocenters. The monoisotopic (exact) mass is 314 g/mol. The van der Waals surface area contributed by atoms with Gasteiger partial charge in [0.25, 0.3) is 0 Å². The van der Waals surface area contributed by atoms with Crippen LogP contribution in [0.15, 0.2) is 48.5 Å². The van der Waals surface area contributed by atoms with Crippen molar-refractivity contribution in [2.45, 2.75) is 25.4 Å². The molecule has 1 heterocycles. The average molecular weight is 315 g/mol. The molecule has 0 saturated carbocycles. The summed E-state index contributed by atoms with van der Waals surface area (Å²) in [6.07, 6.45) is 2.31. The van der Waals surface area contributed by atoms with E-state index >= 15 is 0 Å². The van der Waals surface area contributed by atoms with E-state index in [-0.39, 0.29) is 5.91 Å². The highest BCUT2D eigenvalue weighted by Gasteiger charge is 2.26. The van der Waals surface area contributed by atoms with Gasteiger partial charge in [0, 0.05) is 23.2 Å². The molecule has 1 amide bonds. The summed E-state index contributed by atoms with van der Waals surface area (Å²) in [5.41, 5.74) is 8.30. The lowest BCUT2D eigenvalue weighted by atomic mass is 10.0. The van der Waals surface area contributed by atoms with Gasteiger partial charge in [-0.05, 0) is 54.8 Å². The molecule has 3 nitrogen and oxygen atoms in total. The maximum atomic E-state index is 11.3. The number of nitrogens with two attached hydrogens (primary N) is 1. The van der Waals surface area contributed by atoms with E-state index in [1.807, 2.05) is 36.4 Å². The third kappa shape index (κ3) is 3.32. The first-order chi connectivity index (χ1) is 10.6. The van der Waals surface area contributed by atoms with Crippen LogP contribution in [0.25, 0.3) is 0 Å². The van der Waals surface area contributed by atoms with Crippen molar-refractivity contribution >= 4 is 17.5 Å². The molecule has 0 aliphatic carbocycles. The molecule has 1 aliphatic rings. The van der Waals surface area contributed by atoms with Crippen molar-refractivity contribution in [1.29, 1.82) is 0 Å². The van der Waals surface area contributed by atoms with E-state index < -0.39 is 0 Å². The Balaban J connectivity index is 1.79. The van der Waals surface area contributed by atoms with Gasteiger partial charge in [-0.2, -0.15) is 0 Å². The van der Waals surface area contributed by atoms with Gasteiger partial charge >= 0.3 is 0 Å². The van der Waals surface area contributed by atoms with Crippen LogP contribution in [0.5, 0.6) is 0 Å². The number of carbonyl (C=O) groups is 1. The predicted molar refractivity (Wildman–Crippen MR) is 88.8 cm³/mol. The molecule has 2 aromatic carbocycles. The van der Waals surface area contributed by atoms with Crippen molar-refractivity contribution in [2.24, 2.45) is 5.73 Å². The molecule has 1 fully saturated rings. The van der Waals surface area contributed by atoms with Crippen LogP contribution in [0, 0.1) is 0 Å². The Hall–Kier alpha value is -1.84. The maximum absolute atomic E-state index is 11.3. The Morgan fingerprint density at radius 2 is 2.05 bits per heavy atom. The summed E-state index contributed by atoms with van der Waals surface area (Å²) in [7, 11) is 0. The Morgan fingerprint density at radius 3 is 2.82 bits per heavy atom. The molecule has 2 aromatic rings. The van der Waals surface area contributed by atoms with Crippen molar-refractivity contribution in [3.05, 3.63) is 70.2 Å². The maximum Gasteiger partial charge on any atom is 0.248 e. The summed E-state index contributed by atoms with van der Waals surface area (Å²) >= 11 is 6.12. The molecule has 2 N–H and O–H groups in total. The Labute approximate surface area is 135 Å². The molecule has 0 spiro atoms. The quantitative estimate of drug-likeness (QED) is 0.933. The van der Waals surface area contributed by atoms with Gasteiger partial charge < -0.3 is 5.73 Å². The highest BCUT2D eigenvalue weighted by atomic mass is 35.5. The van der Waals surface area contributed by atoms with Gasteiger partial charge in [0.15, 0.2) is 0 Å². The van der Waals surface area contributed by atoms with E-state index in [0.29, 0.717) is 11.6 Å². The second-order valence-corrected chi connectivity index (χ2v) is 6.18. The number of hydrogen-bond donors (Lipinski definition) is 1.